The van der Waals surface area contributed by atoms with Crippen molar-refractivity contribution in [2.45, 2.75) is 13.3 Å². The molecule has 1 rings (SSSR count). The molecule has 0 fully saturated rings. The van der Waals surface area contributed by atoms with Crippen molar-refractivity contribution in [3.05, 3.63) is 29.8 Å². The molecule has 52 valence electrons. The van der Waals surface area contributed by atoms with Gasteiger partial charge in [-0.3, -0.25) is 0 Å². The largest absolute Gasteiger partial charge is 0.449 e. The molecule has 2 heteroatoms. The van der Waals surface area contributed by atoms with Crippen molar-refractivity contribution in [2.75, 3.05) is 0 Å². The lowest BCUT2D eigenvalue weighted by atomic mass is 9.84. The van der Waals surface area contributed by atoms with E-state index in [-0.39, 0.29) is 7.48 Å². The van der Waals surface area contributed by atoms with Gasteiger partial charge in [0.1, 0.15) is 0 Å². The SMILES string of the molecule is CCc1ccccc1BO. The van der Waals surface area contributed by atoms with Crippen LogP contribution >= 0.6 is 0 Å². The Morgan fingerprint density at radius 3 is 2.60 bits per heavy atom. The summed E-state index contributed by atoms with van der Waals surface area (Å²) in [6.07, 6.45) is 0.997. The average molecular weight is 134 g/mol. The maximum atomic E-state index is 8.85. The Morgan fingerprint density at radius 2 is 2.10 bits per heavy atom. The molecule has 0 atom stereocenters. The Hall–Kier alpha value is -0.755. The highest BCUT2D eigenvalue weighted by Gasteiger charge is 1.97. The average Bonchev–Trinajstić information content (AvgIpc) is 2.04. The molecular weight excluding hydrogens is 123 g/mol. The topological polar surface area (TPSA) is 20.2 Å². The standard InChI is InChI=1S/C8H11BO/c1-2-7-5-3-4-6-8(7)9-10/h3-6,9-10H,2H2,1H3. The summed E-state index contributed by atoms with van der Waals surface area (Å²) in [5.41, 5.74) is 2.29. The lowest BCUT2D eigenvalue weighted by Gasteiger charge is -2.00. The molecule has 0 aliphatic carbocycles. The Morgan fingerprint density at radius 1 is 1.40 bits per heavy atom. The highest BCUT2D eigenvalue weighted by atomic mass is 16.2. The molecule has 0 aliphatic rings. The molecule has 0 unspecified atom stereocenters. The summed E-state index contributed by atoms with van der Waals surface area (Å²) in [5.74, 6) is 0. The molecule has 1 nitrogen and oxygen atoms in total. The van der Waals surface area contributed by atoms with Crippen molar-refractivity contribution >= 4 is 12.9 Å². The number of aryl methyl sites for hydroxylation is 1. The third-order valence-electron chi connectivity index (χ3n) is 1.67. The first kappa shape index (κ1) is 7.35. The molecule has 0 aliphatic heterocycles. The zero-order chi connectivity index (χ0) is 7.40. The van der Waals surface area contributed by atoms with E-state index in [0.29, 0.717) is 0 Å². The van der Waals surface area contributed by atoms with Gasteiger partial charge in [-0.2, -0.15) is 0 Å². The summed E-state index contributed by atoms with van der Waals surface area (Å²) >= 11 is 0. The Bertz CT molecular complexity index is 187. The van der Waals surface area contributed by atoms with Crippen LogP contribution in [0.2, 0.25) is 0 Å². The molecule has 0 spiro atoms. The minimum Gasteiger partial charge on any atom is -0.449 e. The van der Waals surface area contributed by atoms with Gasteiger partial charge < -0.3 is 5.02 Å². The maximum absolute atomic E-state index is 8.85. The van der Waals surface area contributed by atoms with Crippen molar-refractivity contribution in [2.24, 2.45) is 0 Å². The van der Waals surface area contributed by atoms with Crippen LogP contribution in [0.1, 0.15) is 12.5 Å². The Balaban J connectivity index is 2.96. The monoisotopic (exact) mass is 134 g/mol. The van der Waals surface area contributed by atoms with Crippen molar-refractivity contribution in [3.63, 3.8) is 0 Å². The van der Waals surface area contributed by atoms with Gasteiger partial charge in [0.15, 0.2) is 0 Å². The van der Waals surface area contributed by atoms with E-state index < -0.39 is 0 Å². The van der Waals surface area contributed by atoms with E-state index >= 15 is 0 Å². The van der Waals surface area contributed by atoms with Crippen molar-refractivity contribution in [1.29, 1.82) is 0 Å². The van der Waals surface area contributed by atoms with E-state index in [0.717, 1.165) is 11.9 Å². The zero-order valence-corrected chi connectivity index (χ0v) is 6.17. The third-order valence-corrected chi connectivity index (χ3v) is 1.67. The summed E-state index contributed by atoms with van der Waals surface area (Å²) in [7, 11) is 0.157. The minimum absolute atomic E-state index is 0.157. The van der Waals surface area contributed by atoms with Crippen molar-refractivity contribution in [1.82, 2.24) is 0 Å². The molecule has 0 radical (unpaired) electrons. The van der Waals surface area contributed by atoms with E-state index in [4.69, 9.17) is 5.02 Å². The number of hydrogen-bond donors (Lipinski definition) is 1. The number of rotatable bonds is 2. The lowest BCUT2D eigenvalue weighted by molar-refractivity contribution is 0.615. The molecule has 0 aromatic heterocycles. The third kappa shape index (κ3) is 1.39. The van der Waals surface area contributed by atoms with E-state index in [9.17, 15) is 0 Å². The molecular formula is C8H11BO. The van der Waals surface area contributed by atoms with Crippen LogP contribution in [0.3, 0.4) is 0 Å². The molecule has 0 saturated carbocycles. The fraction of sp³-hybridized carbons (Fsp3) is 0.250. The van der Waals surface area contributed by atoms with Gasteiger partial charge in [0.25, 0.3) is 0 Å². The van der Waals surface area contributed by atoms with Crippen molar-refractivity contribution in [3.8, 4) is 0 Å². The lowest BCUT2D eigenvalue weighted by Crippen LogP contribution is -2.17. The van der Waals surface area contributed by atoms with Crippen LogP contribution in [0.25, 0.3) is 0 Å². The van der Waals surface area contributed by atoms with Crippen LogP contribution in [0.4, 0.5) is 0 Å². The fourth-order valence-corrected chi connectivity index (χ4v) is 1.06. The number of hydrogen-bond acceptors (Lipinski definition) is 1. The second-order valence-corrected chi connectivity index (χ2v) is 2.28. The van der Waals surface area contributed by atoms with Gasteiger partial charge in [0.2, 0.25) is 0 Å². The summed E-state index contributed by atoms with van der Waals surface area (Å²) in [6.45, 7) is 2.09. The normalized spacial score (nSPS) is 9.40. The van der Waals surface area contributed by atoms with Crippen LogP contribution in [0, 0.1) is 0 Å². The zero-order valence-electron chi connectivity index (χ0n) is 6.17. The van der Waals surface area contributed by atoms with E-state index in [2.05, 4.69) is 6.92 Å². The second kappa shape index (κ2) is 3.42. The van der Waals surface area contributed by atoms with Crippen LogP contribution in [0.5, 0.6) is 0 Å². The highest BCUT2D eigenvalue weighted by Crippen LogP contribution is 1.94. The van der Waals surface area contributed by atoms with Crippen LogP contribution in [0.15, 0.2) is 24.3 Å². The molecule has 1 aromatic rings. The molecule has 1 N–H and O–H groups in total. The summed E-state index contributed by atoms with van der Waals surface area (Å²) in [6, 6.07) is 7.95. The first-order valence-corrected chi connectivity index (χ1v) is 3.56. The molecule has 10 heavy (non-hydrogen) atoms. The molecule has 0 amide bonds. The van der Waals surface area contributed by atoms with Crippen LogP contribution < -0.4 is 5.46 Å². The molecule has 0 saturated heterocycles. The quantitative estimate of drug-likeness (QED) is 0.573. The second-order valence-electron chi connectivity index (χ2n) is 2.28. The Kier molecular flexibility index (Phi) is 2.52. The Labute approximate surface area is 62.0 Å². The van der Waals surface area contributed by atoms with Gasteiger partial charge in [-0.15, -0.1) is 0 Å². The first-order chi connectivity index (χ1) is 4.88. The van der Waals surface area contributed by atoms with Gasteiger partial charge in [-0.25, -0.2) is 0 Å². The molecule has 1 aromatic carbocycles. The summed E-state index contributed by atoms with van der Waals surface area (Å²) in [4.78, 5) is 0. The van der Waals surface area contributed by atoms with Gasteiger partial charge in [0.05, 0.1) is 0 Å². The minimum atomic E-state index is 0.157. The summed E-state index contributed by atoms with van der Waals surface area (Å²) in [5, 5.41) is 8.85. The first-order valence-electron chi connectivity index (χ1n) is 3.56. The van der Waals surface area contributed by atoms with Gasteiger partial charge in [-0.1, -0.05) is 36.8 Å². The maximum Gasteiger partial charge on any atom is 0.305 e. The van der Waals surface area contributed by atoms with E-state index in [1.54, 1.807) is 0 Å². The smallest absolute Gasteiger partial charge is 0.305 e. The highest BCUT2D eigenvalue weighted by molar-refractivity contribution is 6.46. The summed E-state index contributed by atoms with van der Waals surface area (Å²) < 4.78 is 0. The van der Waals surface area contributed by atoms with Gasteiger partial charge in [-0.05, 0) is 11.9 Å². The molecule has 0 bridgehead atoms. The van der Waals surface area contributed by atoms with Crippen LogP contribution in [-0.2, 0) is 6.42 Å². The predicted molar refractivity (Wildman–Crippen MR) is 44.8 cm³/mol. The number of benzene rings is 1. The van der Waals surface area contributed by atoms with E-state index in [1.807, 2.05) is 24.3 Å². The van der Waals surface area contributed by atoms with Gasteiger partial charge >= 0.3 is 7.48 Å². The molecule has 0 heterocycles. The van der Waals surface area contributed by atoms with Crippen LogP contribution in [-0.4, -0.2) is 12.5 Å². The van der Waals surface area contributed by atoms with E-state index in [1.165, 1.54) is 5.56 Å². The fourth-order valence-electron chi connectivity index (χ4n) is 1.06. The van der Waals surface area contributed by atoms with Crippen molar-refractivity contribution < 1.29 is 5.02 Å². The van der Waals surface area contributed by atoms with Gasteiger partial charge in [0, 0.05) is 0 Å². The predicted octanol–water partition coefficient (Wildman–Crippen LogP) is 0.218.